The van der Waals surface area contributed by atoms with Crippen LogP contribution in [0.2, 0.25) is 0 Å². The number of piperazine rings is 1. The normalized spacial score (nSPS) is 20.2. The molecule has 0 aromatic carbocycles. The lowest BCUT2D eigenvalue weighted by molar-refractivity contribution is 0.0919. The van der Waals surface area contributed by atoms with Crippen molar-refractivity contribution >= 4 is 0 Å². The SMILES string of the molecule is CCC(CN)N1CCN(Cc2cn(C)nn2)CC1. The Morgan fingerprint density at radius 1 is 1.33 bits per heavy atom. The van der Waals surface area contributed by atoms with Gasteiger partial charge in [-0.3, -0.25) is 14.5 Å². The monoisotopic (exact) mass is 252 g/mol. The summed E-state index contributed by atoms with van der Waals surface area (Å²) in [6.45, 7) is 8.28. The molecule has 6 heteroatoms. The van der Waals surface area contributed by atoms with Crippen molar-refractivity contribution in [1.29, 1.82) is 0 Å². The first-order valence-electron chi connectivity index (χ1n) is 6.74. The highest BCUT2D eigenvalue weighted by Gasteiger charge is 2.22. The van der Waals surface area contributed by atoms with Crippen molar-refractivity contribution in [3.63, 3.8) is 0 Å². The molecule has 1 aromatic rings. The topological polar surface area (TPSA) is 63.2 Å². The average Bonchev–Trinajstić information content (AvgIpc) is 2.78. The molecule has 0 bridgehead atoms. The van der Waals surface area contributed by atoms with Gasteiger partial charge < -0.3 is 5.73 Å². The highest BCUT2D eigenvalue weighted by molar-refractivity contribution is 4.92. The van der Waals surface area contributed by atoms with E-state index in [1.807, 2.05) is 13.2 Å². The van der Waals surface area contributed by atoms with E-state index in [4.69, 9.17) is 5.73 Å². The molecule has 2 N–H and O–H groups in total. The zero-order valence-electron chi connectivity index (χ0n) is 11.4. The zero-order chi connectivity index (χ0) is 13.0. The van der Waals surface area contributed by atoms with E-state index in [0.717, 1.165) is 51.4 Å². The van der Waals surface area contributed by atoms with Gasteiger partial charge in [0, 0.05) is 58.6 Å². The molecule has 0 amide bonds. The van der Waals surface area contributed by atoms with E-state index in [0.29, 0.717) is 6.04 Å². The predicted octanol–water partition coefficient (Wildman–Crippen LogP) is -0.330. The Hall–Kier alpha value is -0.980. The summed E-state index contributed by atoms with van der Waals surface area (Å²) in [7, 11) is 1.90. The van der Waals surface area contributed by atoms with Crippen molar-refractivity contribution < 1.29 is 0 Å². The van der Waals surface area contributed by atoms with Crippen molar-refractivity contribution in [3.8, 4) is 0 Å². The van der Waals surface area contributed by atoms with Crippen LogP contribution in [0.5, 0.6) is 0 Å². The molecular weight excluding hydrogens is 228 g/mol. The number of aryl methyl sites for hydroxylation is 1. The van der Waals surface area contributed by atoms with Crippen LogP contribution in [0, 0.1) is 0 Å². The van der Waals surface area contributed by atoms with Crippen LogP contribution in [-0.2, 0) is 13.6 Å². The second kappa shape index (κ2) is 6.26. The first-order chi connectivity index (χ1) is 8.72. The van der Waals surface area contributed by atoms with Crippen LogP contribution in [-0.4, -0.2) is 63.6 Å². The van der Waals surface area contributed by atoms with Crippen LogP contribution in [0.15, 0.2) is 6.20 Å². The van der Waals surface area contributed by atoms with E-state index >= 15 is 0 Å². The number of nitrogens with two attached hydrogens (primary N) is 1. The quantitative estimate of drug-likeness (QED) is 0.777. The molecule has 1 fully saturated rings. The van der Waals surface area contributed by atoms with Crippen LogP contribution < -0.4 is 5.73 Å². The van der Waals surface area contributed by atoms with Gasteiger partial charge in [-0.1, -0.05) is 12.1 Å². The fraction of sp³-hybridized carbons (Fsp3) is 0.833. The molecule has 1 atom stereocenters. The molecule has 0 radical (unpaired) electrons. The maximum absolute atomic E-state index is 5.80. The largest absolute Gasteiger partial charge is 0.329 e. The van der Waals surface area contributed by atoms with Crippen molar-refractivity contribution in [2.24, 2.45) is 12.8 Å². The highest BCUT2D eigenvalue weighted by Crippen LogP contribution is 2.10. The minimum Gasteiger partial charge on any atom is -0.329 e. The summed E-state index contributed by atoms with van der Waals surface area (Å²) >= 11 is 0. The Kier molecular flexibility index (Phi) is 4.68. The first-order valence-corrected chi connectivity index (χ1v) is 6.74. The molecular formula is C12H24N6. The summed E-state index contributed by atoms with van der Waals surface area (Å²) < 4.78 is 1.76. The Morgan fingerprint density at radius 3 is 2.56 bits per heavy atom. The number of hydrogen-bond donors (Lipinski definition) is 1. The smallest absolute Gasteiger partial charge is 0.0967 e. The van der Waals surface area contributed by atoms with Gasteiger partial charge in [0.1, 0.15) is 0 Å². The average molecular weight is 252 g/mol. The van der Waals surface area contributed by atoms with Crippen LogP contribution >= 0.6 is 0 Å². The van der Waals surface area contributed by atoms with Gasteiger partial charge in [0.15, 0.2) is 0 Å². The van der Waals surface area contributed by atoms with Crippen molar-refractivity contribution in [1.82, 2.24) is 24.8 Å². The van der Waals surface area contributed by atoms with E-state index in [9.17, 15) is 0 Å². The maximum atomic E-state index is 5.80. The van der Waals surface area contributed by atoms with Gasteiger partial charge in [-0.25, -0.2) is 0 Å². The summed E-state index contributed by atoms with van der Waals surface area (Å²) in [5, 5.41) is 8.10. The third-order valence-electron chi connectivity index (χ3n) is 3.70. The highest BCUT2D eigenvalue weighted by atomic mass is 15.4. The lowest BCUT2D eigenvalue weighted by Crippen LogP contribution is -2.51. The standard InChI is InChI=1S/C12H24N6/c1-3-12(8-13)18-6-4-17(5-7-18)10-11-9-16(2)15-14-11/h9,12H,3-8,10,13H2,1-2H3. The fourth-order valence-corrected chi connectivity index (χ4v) is 2.56. The summed E-state index contributed by atoms with van der Waals surface area (Å²) in [5.74, 6) is 0. The minimum absolute atomic E-state index is 0.545. The fourth-order valence-electron chi connectivity index (χ4n) is 2.56. The molecule has 0 spiro atoms. The molecule has 0 aliphatic carbocycles. The summed E-state index contributed by atoms with van der Waals surface area (Å²) in [6, 6.07) is 0.545. The Balaban J connectivity index is 1.79. The second-order valence-electron chi connectivity index (χ2n) is 4.99. The van der Waals surface area contributed by atoms with Gasteiger partial charge in [0.25, 0.3) is 0 Å². The van der Waals surface area contributed by atoms with Crippen LogP contribution in [0.1, 0.15) is 19.0 Å². The van der Waals surface area contributed by atoms with Gasteiger partial charge in [0.2, 0.25) is 0 Å². The number of aromatic nitrogens is 3. The van der Waals surface area contributed by atoms with Gasteiger partial charge in [-0.15, -0.1) is 5.10 Å². The molecule has 18 heavy (non-hydrogen) atoms. The Bertz CT molecular complexity index is 351. The van der Waals surface area contributed by atoms with Crippen LogP contribution in [0.3, 0.4) is 0 Å². The minimum atomic E-state index is 0.545. The zero-order valence-corrected chi connectivity index (χ0v) is 11.4. The summed E-state index contributed by atoms with van der Waals surface area (Å²) in [5.41, 5.74) is 6.85. The maximum Gasteiger partial charge on any atom is 0.0967 e. The molecule has 1 saturated heterocycles. The molecule has 0 saturated carbocycles. The summed E-state index contributed by atoms with van der Waals surface area (Å²) in [6.07, 6.45) is 3.13. The Morgan fingerprint density at radius 2 is 2.06 bits per heavy atom. The number of nitrogens with zero attached hydrogens (tertiary/aromatic N) is 5. The second-order valence-corrected chi connectivity index (χ2v) is 4.99. The number of rotatable bonds is 5. The van der Waals surface area contributed by atoms with E-state index in [2.05, 4.69) is 27.0 Å². The lowest BCUT2D eigenvalue weighted by atomic mass is 10.1. The molecule has 2 heterocycles. The molecule has 2 rings (SSSR count). The van der Waals surface area contributed by atoms with Gasteiger partial charge in [-0.2, -0.15) is 0 Å². The van der Waals surface area contributed by atoms with Crippen LogP contribution in [0.4, 0.5) is 0 Å². The van der Waals surface area contributed by atoms with Gasteiger partial charge in [-0.05, 0) is 6.42 Å². The molecule has 1 aromatic heterocycles. The van der Waals surface area contributed by atoms with E-state index in [1.165, 1.54) is 0 Å². The first kappa shape index (κ1) is 13.5. The number of hydrogen-bond acceptors (Lipinski definition) is 5. The molecule has 1 aliphatic rings. The lowest BCUT2D eigenvalue weighted by Gasteiger charge is -2.38. The molecule has 1 aliphatic heterocycles. The third kappa shape index (κ3) is 3.28. The van der Waals surface area contributed by atoms with E-state index in [1.54, 1.807) is 4.68 Å². The van der Waals surface area contributed by atoms with E-state index < -0.39 is 0 Å². The van der Waals surface area contributed by atoms with Crippen molar-refractivity contribution in [2.45, 2.75) is 25.9 Å². The van der Waals surface area contributed by atoms with E-state index in [-0.39, 0.29) is 0 Å². The van der Waals surface area contributed by atoms with Gasteiger partial charge >= 0.3 is 0 Å². The van der Waals surface area contributed by atoms with Crippen LogP contribution in [0.25, 0.3) is 0 Å². The predicted molar refractivity (Wildman–Crippen MR) is 71.0 cm³/mol. The summed E-state index contributed by atoms with van der Waals surface area (Å²) in [4.78, 5) is 4.94. The molecule has 1 unspecified atom stereocenters. The Labute approximate surface area is 109 Å². The van der Waals surface area contributed by atoms with Gasteiger partial charge in [0.05, 0.1) is 5.69 Å². The molecule has 6 nitrogen and oxygen atoms in total. The van der Waals surface area contributed by atoms with Crippen molar-refractivity contribution in [2.75, 3.05) is 32.7 Å². The van der Waals surface area contributed by atoms with Crippen molar-refractivity contribution in [3.05, 3.63) is 11.9 Å². The third-order valence-corrected chi connectivity index (χ3v) is 3.70. The molecule has 102 valence electrons.